The Morgan fingerprint density at radius 3 is 2.64 bits per heavy atom. The van der Waals surface area contributed by atoms with Crippen molar-refractivity contribution in [2.45, 2.75) is 38.8 Å². The topological polar surface area (TPSA) is 70.1 Å². The molecule has 7 heteroatoms. The van der Waals surface area contributed by atoms with E-state index in [1.165, 1.54) is 24.1 Å². The number of nitrogens with one attached hydrogen (secondary N) is 1. The highest BCUT2D eigenvalue weighted by Gasteiger charge is 2.28. The van der Waals surface area contributed by atoms with Gasteiger partial charge in [0.25, 0.3) is 5.56 Å². The van der Waals surface area contributed by atoms with Gasteiger partial charge in [-0.2, -0.15) is 10.2 Å². The summed E-state index contributed by atoms with van der Waals surface area (Å²) in [6.45, 7) is 8.65. The van der Waals surface area contributed by atoms with Crippen LogP contribution in [0.3, 0.4) is 0 Å². The Hall–Kier alpha value is -1.99. The second-order valence-corrected chi connectivity index (χ2v) is 7.24. The Morgan fingerprint density at radius 1 is 1.12 bits per heavy atom. The minimum atomic E-state index is -0.0169. The largest absolute Gasteiger partial charge is 0.299 e. The lowest BCUT2D eigenvalue weighted by atomic mass is 10.1. The fraction of sp³-hybridized carbons (Fsp3) is 0.611. The normalized spacial score (nSPS) is 19.4. The molecule has 7 nitrogen and oxygen atoms in total. The predicted octanol–water partition coefficient (Wildman–Crippen LogP) is 0.970. The number of aromatic nitrogens is 4. The molecule has 0 atom stereocenters. The fourth-order valence-electron chi connectivity index (χ4n) is 3.53. The molecule has 1 N–H and O–H groups in total. The third-order valence-corrected chi connectivity index (χ3v) is 5.22. The van der Waals surface area contributed by atoms with E-state index in [0.29, 0.717) is 6.54 Å². The van der Waals surface area contributed by atoms with Crippen LogP contribution in [0.25, 0.3) is 0 Å². The molecular weight excluding hydrogens is 316 g/mol. The zero-order valence-corrected chi connectivity index (χ0v) is 14.8. The van der Waals surface area contributed by atoms with E-state index in [4.69, 9.17) is 0 Å². The van der Waals surface area contributed by atoms with Crippen LogP contribution < -0.4 is 5.56 Å². The van der Waals surface area contributed by atoms with Gasteiger partial charge in [0, 0.05) is 62.5 Å². The quantitative estimate of drug-likeness (QED) is 0.847. The molecule has 134 valence electrons. The minimum Gasteiger partial charge on any atom is -0.299 e. The van der Waals surface area contributed by atoms with Crippen molar-refractivity contribution in [1.82, 2.24) is 29.8 Å². The van der Waals surface area contributed by atoms with E-state index in [1.807, 2.05) is 13.1 Å². The van der Waals surface area contributed by atoms with E-state index in [1.54, 1.807) is 16.8 Å². The van der Waals surface area contributed by atoms with Gasteiger partial charge >= 0.3 is 0 Å². The van der Waals surface area contributed by atoms with E-state index in [0.717, 1.165) is 50.9 Å². The van der Waals surface area contributed by atoms with Gasteiger partial charge in [-0.05, 0) is 25.8 Å². The number of H-pyrrole nitrogens is 1. The number of piperazine rings is 1. The summed E-state index contributed by atoms with van der Waals surface area (Å²) in [5.41, 5.74) is 3.59. The molecule has 2 aliphatic rings. The highest BCUT2D eigenvalue weighted by molar-refractivity contribution is 5.24. The highest BCUT2D eigenvalue weighted by Crippen LogP contribution is 2.40. The van der Waals surface area contributed by atoms with Gasteiger partial charge in [0.05, 0.1) is 18.4 Å². The molecule has 3 heterocycles. The maximum atomic E-state index is 11.8. The Balaban J connectivity index is 1.26. The third-order valence-electron chi connectivity index (χ3n) is 5.22. The number of aryl methyl sites for hydroxylation is 1. The van der Waals surface area contributed by atoms with Crippen molar-refractivity contribution in [3.05, 3.63) is 45.6 Å². The van der Waals surface area contributed by atoms with Gasteiger partial charge in [0.1, 0.15) is 0 Å². The summed E-state index contributed by atoms with van der Waals surface area (Å²) in [6.07, 6.45) is 4.60. The first-order valence-corrected chi connectivity index (χ1v) is 9.20. The summed E-state index contributed by atoms with van der Waals surface area (Å²) in [5, 5.41) is 11.7. The van der Waals surface area contributed by atoms with Crippen LogP contribution in [0.5, 0.6) is 0 Å². The first-order valence-electron chi connectivity index (χ1n) is 9.20. The average Bonchev–Trinajstić information content (AvgIpc) is 3.36. The van der Waals surface area contributed by atoms with Crippen LogP contribution >= 0.6 is 0 Å². The summed E-state index contributed by atoms with van der Waals surface area (Å²) in [7, 11) is 0. The Morgan fingerprint density at radius 2 is 1.88 bits per heavy atom. The smallest absolute Gasteiger partial charge is 0.266 e. The van der Waals surface area contributed by atoms with E-state index < -0.39 is 0 Å². The number of hydrogen-bond donors (Lipinski definition) is 1. The zero-order valence-electron chi connectivity index (χ0n) is 14.8. The van der Waals surface area contributed by atoms with Crippen molar-refractivity contribution in [1.29, 1.82) is 0 Å². The molecule has 0 spiro atoms. The highest BCUT2D eigenvalue weighted by atomic mass is 16.1. The van der Waals surface area contributed by atoms with Crippen molar-refractivity contribution >= 4 is 0 Å². The van der Waals surface area contributed by atoms with Gasteiger partial charge in [-0.15, -0.1) is 0 Å². The first-order chi connectivity index (χ1) is 12.2. The van der Waals surface area contributed by atoms with Gasteiger partial charge in [0.2, 0.25) is 0 Å². The lowest BCUT2D eigenvalue weighted by Gasteiger charge is -2.34. The molecule has 1 saturated heterocycles. The summed E-state index contributed by atoms with van der Waals surface area (Å²) in [6, 6.07) is 3.37. The van der Waals surface area contributed by atoms with Crippen LogP contribution in [0.4, 0.5) is 0 Å². The Labute approximate surface area is 147 Å². The van der Waals surface area contributed by atoms with Crippen LogP contribution in [-0.4, -0.2) is 62.5 Å². The van der Waals surface area contributed by atoms with E-state index in [-0.39, 0.29) is 5.56 Å². The van der Waals surface area contributed by atoms with Crippen LogP contribution in [0.2, 0.25) is 0 Å². The second kappa shape index (κ2) is 7.09. The average molecular weight is 342 g/mol. The number of nitrogens with zero attached hydrogens (tertiary/aromatic N) is 5. The lowest BCUT2D eigenvalue weighted by molar-refractivity contribution is 0.122. The van der Waals surface area contributed by atoms with Crippen LogP contribution in [0, 0.1) is 6.92 Å². The molecule has 0 aromatic carbocycles. The molecule has 2 aromatic heterocycles. The van der Waals surface area contributed by atoms with Crippen LogP contribution in [-0.2, 0) is 13.1 Å². The lowest BCUT2D eigenvalue weighted by Crippen LogP contribution is -2.47. The fourth-order valence-corrected chi connectivity index (χ4v) is 3.53. The van der Waals surface area contributed by atoms with Crippen molar-refractivity contribution < 1.29 is 0 Å². The van der Waals surface area contributed by atoms with Crippen LogP contribution in [0.1, 0.15) is 35.7 Å². The molecule has 1 saturated carbocycles. The molecule has 25 heavy (non-hydrogen) atoms. The van der Waals surface area contributed by atoms with Gasteiger partial charge in [-0.3, -0.25) is 19.7 Å². The molecule has 2 fully saturated rings. The molecule has 0 amide bonds. The number of hydrogen-bond acceptors (Lipinski definition) is 5. The Bertz CT molecular complexity index is 770. The van der Waals surface area contributed by atoms with Gasteiger partial charge in [0.15, 0.2) is 0 Å². The first kappa shape index (κ1) is 16.5. The summed E-state index contributed by atoms with van der Waals surface area (Å²) < 4.78 is 1.58. The summed E-state index contributed by atoms with van der Waals surface area (Å²) in [5.74, 6) is 0.721. The van der Waals surface area contributed by atoms with Crippen LogP contribution in [0.15, 0.2) is 23.1 Å². The van der Waals surface area contributed by atoms with Gasteiger partial charge in [-0.1, -0.05) is 0 Å². The summed E-state index contributed by atoms with van der Waals surface area (Å²) >= 11 is 0. The molecule has 0 bridgehead atoms. The molecule has 4 rings (SSSR count). The molecule has 2 aromatic rings. The Kier molecular flexibility index (Phi) is 4.67. The van der Waals surface area contributed by atoms with E-state index in [9.17, 15) is 4.79 Å². The van der Waals surface area contributed by atoms with Gasteiger partial charge < -0.3 is 0 Å². The van der Waals surface area contributed by atoms with Gasteiger partial charge in [-0.25, -0.2) is 4.68 Å². The maximum absolute atomic E-state index is 11.8. The molecule has 1 aliphatic heterocycles. The zero-order chi connectivity index (χ0) is 17.2. The maximum Gasteiger partial charge on any atom is 0.266 e. The van der Waals surface area contributed by atoms with Crippen molar-refractivity contribution in [2.24, 2.45) is 0 Å². The third kappa shape index (κ3) is 3.99. The molecule has 1 aliphatic carbocycles. The van der Waals surface area contributed by atoms with Crippen molar-refractivity contribution in [3.63, 3.8) is 0 Å². The van der Waals surface area contributed by atoms with E-state index >= 15 is 0 Å². The number of rotatable bonds is 6. The minimum absolute atomic E-state index is 0.0169. The summed E-state index contributed by atoms with van der Waals surface area (Å²) in [4.78, 5) is 16.8. The predicted molar refractivity (Wildman–Crippen MR) is 95.5 cm³/mol. The van der Waals surface area contributed by atoms with Crippen molar-refractivity contribution in [2.75, 3.05) is 32.7 Å². The SMILES string of the molecule is Cc1ccc(=O)n(CCN2CCN(Cc3cn[nH]c3C3CC3)CC2)n1. The molecule has 0 unspecified atom stereocenters. The monoisotopic (exact) mass is 342 g/mol. The molecular formula is C18H26N6O. The molecule has 0 radical (unpaired) electrons. The second-order valence-electron chi connectivity index (χ2n) is 7.24. The van der Waals surface area contributed by atoms with Crippen molar-refractivity contribution in [3.8, 4) is 0 Å². The number of aromatic amines is 1. The standard InChI is InChI=1S/C18H26N6O/c1-14-2-5-17(25)24(21-14)11-10-22-6-8-23(9-7-22)13-16-12-19-20-18(16)15-3-4-15/h2,5,12,15H,3-4,6-11,13H2,1H3,(H,19,20). The van der Waals surface area contributed by atoms with E-state index in [2.05, 4.69) is 25.1 Å².